The summed E-state index contributed by atoms with van der Waals surface area (Å²) in [5.74, 6) is -3.18. The predicted molar refractivity (Wildman–Crippen MR) is 61.6 cm³/mol. The van der Waals surface area contributed by atoms with Crippen molar-refractivity contribution in [3.05, 3.63) is 35.7 Å². The zero-order chi connectivity index (χ0) is 16.6. The van der Waals surface area contributed by atoms with E-state index in [4.69, 9.17) is 9.90 Å². The molecule has 0 aliphatic carbocycles. The molecular weight excluding hydrogens is 345 g/mol. The quantitative estimate of drug-likeness (QED) is 0.292. The van der Waals surface area contributed by atoms with Crippen molar-refractivity contribution in [2.45, 2.75) is 5.38 Å². The number of carbonyl (C=O) groups excluding carboxylic acids is 2. The van der Waals surface area contributed by atoms with Crippen molar-refractivity contribution in [2.75, 3.05) is 7.11 Å². The first-order valence-electron chi connectivity index (χ1n) is 4.92. The van der Waals surface area contributed by atoms with Crippen LogP contribution in [-0.4, -0.2) is 29.4 Å². The van der Waals surface area contributed by atoms with E-state index in [1.54, 1.807) is 0 Å². The van der Waals surface area contributed by atoms with Crippen LogP contribution in [0.3, 0.4) is 0 Å². The molecule has 5 nitrogen and oxygen atoms in total. The summed E-state index contributed by atoms with van der Waals surface area (Å²) in [5, 5.41) is 4.81. The van der Waals surface area contributed by atoms with E-state index in [2.05, 4.69) is 21.3 Å². The third-order valence-corrected chi connectivity index (χ3v) is 1.84. The molecule has 0 fully saturated rings. The molecule has 22 heavy (non-hydrogen) atoms. The van der Waals surface area contributed by atoms with Gasteiger partial charge in [-0.15, -0.1) is 0 Å². The van der Waals surface area contributed by atoms with Crippen LogP contribution in [0.5, 0.6) is 0 Å². The van der Waals surface area contributed by atoms with Gasteiger partial charge in [0.05, 0.1) is 12.7 Å². The zero-order valence-corrected chi connectivity index (χ0v) is 14.0. The van der Waals surface area contributed by atoms with Gasteiger partial charge >= 0.3 is 40.9 Å². The second kappa shape index (κ2) is 10.5. The number of nitrogens with zero attached hydrogens (tertiary/aromatic N) is 1. The Bertz CT molecular complexity index is 547. The number of aliphatic carboxylic acids is 1. The minimum absolute atomic E-state index is 0. The number of carboxylic acid groups (broad SMARTS) is 1. The average molecular weight is 352 g/mol. The van der Waals surface area contributed by atoms with Crippen molar-refractivity contribution in [2.24, 2.45) is 0 Å². The minimum atomic E-state index is -4.22. The molecule has 1 rings (SSSR count). The maximum absolute atomic E-state index is 11.9. The number of hydrogen-bond acceptors (Lipinski definition) is 5. The van der Waals surface area contributed by atoms with Crippen molar-refractivity contribution < 1.29 is 66.6 Å². The summed E-state index contributed by atoms with van der Waals surface area (Å²) < 4.78 is 50.0. The van der Waals surface area contributed by atoms with E-state index in [0.717, 1.165) is 0 Å². The minimum Gasteiger partial charge on any atom is -0.543 e. The van der Waals surface area contributed by atoms with Crippen molar-refractivity contribution in [1.82, 2.24) is 4.98 Å². The first-order valence-corrected chi connectivity index (χ1v) is 5.30. The first kappa shape index (κ1) is 23.1. The molecule has 11 heteroatoms. The van der Waals surface area contributed by atoms with E-state index in [1.165, 1.54) is 25.6 Å². The molecule has 1 aromatic heterocycles. The van der Waals surface area contributed by atoms with E-state index in [-0.39, 0.29) is 40.7 Å². The molecule has 0 aliphatic rings. The molecule has 0 aromatic carbocycles. The molecule has 0 aliphatic heterocycles. The van der Waals surface area contributed by atoms with Gasteiger partial charge in [0.2, 0.25) is 0 Å². The van der Waals surface area contributed by atoms with Crippen LogP contribution in [0.25, 0.3) is 6.08 Å². The summed E-state index contributed by atoms with van der Waals surface area (Å²) in [4.78, 5) is 23.6. The van der Waals surface area contributed by atoms with Crippen molar-refractivity contribution in [3.63, 3.8) is 0 Å². The summed E-state index contributed by atoms with van der Waals surface area (Å²) in [6, 6.07) is 1.28. The smallest absolute Gasteiger partial charge is 0.543 e. The van der Waals surface area contributed by atoms with Crippen molar-refractivity contribution in [1.29, 1.82) is 0 Å². The molecule has 116 valence electrons. The molecule has 1 aromatic rings. The number of halogens is 5. The number of aromatic nitrogens is 1. The third kappa shape index (κ3) is 9.72. The monoisotopic (exact) mass is 351 g/mol. The van der Waals surface area contributed by atoms with Gasteiger partial charge in [0.15, 0.2) is 0 Å². The molecule has 0 spiro atoms. The fraction of sp³-hybridized carbons (Fsp3) is 0.182. The van der Waals surface area contributed by atoms with Gasteiger partial charge in [-0.3, -0.25) is 4.98 Å². The van der Waals surface area contributed by atoms with E-state index in [0.29, 0.717) is 6.08 Å². The van der Waals surface area contributed by atoms with Crippen LogP contribution in [0, 0.1) is 0 Å². The van der Waals surface area contributed by atoms with Crippen LogP contribution >= 0.6 is 11.6 Å². The second-order valence-corrected chi connectivity index (χ2v) is 3.69. The standard InChI is InChI=1S/C9H7F2NO2.C2HClF2O2.Na/c1-14-9(13)7-2-6(3-8(10)11)4-12-5-7;3-2(4,5)1(6)7;/h2-5H,1H3;(H,6,7);/q;;+1/p-1. The normalized spacial score (nSPS) is 9.55. The Labute approximate surface area is 149 Å². The average Bonchev–Trinajstić information content (AvgIpc) is 2.37. The Hall–Kier alpha value is -1.16. The predicted octanol–water partition coefficient (Wildman–Crippen LogP) is -1.32. The van der Waals surface area contributed by atoms with Gasteiger partial charge in [0.1, 0.15) is 5.97 Å². The number of methoxy groups -OCH3 is 1. The Kier molecular flexibility index (Phi) is 11.1. The zero-order valence-electron chi connectivity index (χ0n) is 11.3. The van der Waals surface area contributed by atoms with Gasteiger partial charge in [-0.05, 0) is 23.2 Å². The number of ether oxygens (including phenoxy) is 1. The Morgan fingerprint density at radius 2 is 1.86 bits per heavy atom. The number of pyridine rings is 1. The first-order chi connectivity index (χ1) is 9.57. The van der Waals surface area contributed by atoms with Crippen LogP contribution in [0.4, 0.5) is 17.6 Å². The molecule has 0 unspecified atom stereocenters. The van der Waals surface area contributed by atoms with Gasteiger partial charge in [0.25, 0.3) is 6.08 Å². The van der Waals surface area contributed by atoms with E-state index in [9.17, 15) is 22.4 Å². The van der Waals surface area contributed by atoms with E-state index >= 15 is 0 Å². The van der Waals surface area contributed by atoms with Crippen LogP contribution in [0.15, 0.2) is 24.5 Å². The topological polar surface area (TPSA) is 79.3 Å². The maximum atomic E-state index is 11.9. The van der Waals surface area contributed by atoms with Gasteiger partial charge in [-0.1, -0.05) is 0 Å². The summed E-state index contributed by atoms with van der Waals surface area (Å²) in [6.07, 6.45) is 1.26. The SMILES string of the molecule is COC(=O)c1cncc(C=C(F)F)c1.O=C([O-])C(F)(F)Cl.[Na+]. The largest absolute Gasteiger partial charge is 1.00 e. The molecule has 0 amide bonds. The van der Waals surface area contributed by atoms with Crippen molar-refractivity contribution in [3.8, 4) is 0 Å². The Morgan fingerprint density at radius 3 is 2.23 bits per heavy atom. The molecular formula is C11H7ClF4NNaO4. The molecule has 0 saturated carbocycles. The van der Waals surface area contributed by atoms with Gasteiger partial charge in [-0.25, -0.2) is 4.79 Å². The van der Waals surface area contributed by atoms with E-state index in [1.807, 2.05) is 0 Å². The number of alkyl halides is 3. The van der Waals surface area contributed by atoms with Crippen LogP contribution < -0.4 is 34.7 Å². The Balaban J connectivity index is 0. The summed E-state index contributed by atoms with van der Waals surface area (Å²) >= 11 is 3.87. The number of carbonyl (C=O) groups is 2. The molecule has 0 N–H and O–H groups in total. The van der Waals surface area contributed by atoms with E-state index < -0.39 is 23.4 Å². The fourth-order valence-corrected chi connectivity index (χ4v) is 0.892. The maximum Gasteiger partial charge on any atom is 1.00 e. The summed E-state index contributed by atoms with van der Waals surface area (Å²) in [6.45, 7) is 0. The van der Waals surface area contributed by atoms with Gasteiger partial charge in [0, 0.05) is 18.5 Å². The number of rotatable bonds is 3. The summed E-state index contributed by atoms with van der Waals surface area (Å²) in [5.41, 5.74) is 0.301. The third-order valence-electron chi connectivity index (χ3n) is 1.69. The summed E-state index contributed by atoms with van der Waals surface area (Å²) in [7, 11) is 1.21. The number of esters is 1. The Morgan fingerprint density at radius 1 is 1.36 bits per heavy atom. The molecule has 0 bridgehead atoms. The molecule has 0 saturated heterocycles. The van der Waals surface area contributed by atoms with Crippen molar-refractivity contribution >= 4 is 29.6 Å². The molecule has 0 radical (unpaired) electrons. The van der Waals surface area contributed by atoms with Gasteiger partial charge < -0.3 is 14.6 Å². The number of carboxylic acids is 1. The number of hydrogen-bond donors (Lipinski definition) is 0. The van der Waals surface area contributed by atoms with Gasteiger partial charge in [-0.2, -0.15) is 17.6 Å². The second-order valence-electron chi connectivity index (χ2n) is 3.22. The van der Waals surface area contributed by atoms with Crippen LogP contribution in [0.2, 0.25) is 0 Å². The molecule has 0 atom stereocenters. The van der Waals surface area contributed by atoms with Crippen LogP contribution in [0.1, 0.15) is 15.9 Å². The van der Waals surface area contributed by atoms with Crippen LogP contribution in [-0.2, 0) is 9.53 Å². The fourth-order valence-electron chi connectivity index (χ4n) is 0.892. The molecule has 1 heterocycles.